The summed E-state index contributed by atoms with van der Waals surface area (Å²) in [5.41, 5.74) is 0.816. The molecule has 21 heavy (non-hydrogen) atoms. The van der Waals surface area contributed by atoms with E-state index in [0.717, 1.165) is 5.56 Å². The molecule has 0 aliphatic carbocycles. The molecule has 2 aromatic rings. The first kappa shape index (κ1) is 14.7. The molecule has 1 heterocycles. The second-order valence-corrected chi connectivity index (χ2v) is 4.72. The van der Waals surface area contributed by atoms with Gasteiger partial charge in [0.05, 0.1) is 10.3 Å². The highest BCUT2D eigenvalue weighted by molar-refractivity contribution is 5.98. The number of nitrogens with zero attached hydrogens (tertiary/aromatic N) is 2. The summed E-state index contributed by atoms with van der Waals surface area (Å²) < 4.78 is 0. The lowest BCUT2D eigenvalue weighted by Gasteiger charge is -2.09. The summed E-state index contributed by atoms with van der Waals surface area (Å²) in [7, 11) is 0. The largest absolute Gasteiger partial charge is 0.481 e. The van der Waals surface area contributed by atoms with Crippen molar-refractivity contribution < 1.29 is 14.8 Å². The number of nitro benzene ring substituents is 1. The minimum absolute atomic E-state index is 0.0426. The maximum Gasteiger partial charge on any atom is 0.303 e. The fourth-order valence-electron chi connectivity index (χ4n) is 2.14. The third-order valence-corrected chi connectivity index (χ3v) is 3.06. The van der Waals surface area contributed by atoms with Crippen molar-refractivity contribution in [3.63, 3.8) is 0 Å². The highest BCUT2D eigenvalue weighted by atomic mass is 16.6. The Bertz CT molecular complexity index is 700. The van der Waals surface area contributed by atoms with E-state index in [4.69, 9.17) is 5.11 Å². The minimum Gasteiger partial charge on any atom is -0.481 e. The number of benzene rings is 1. The first-order chi connectivity index (χ1) is 9.99. The third kappa shape index (κ3) is 3.44. The lowest BCUT2D eigenvalue weighted by Crippen LogP contribution is -2.06. The predicted octanol–water partition coefficient (Wildman–Crippen LogP) is 2.73. The number of rotatable bonds is 6. The maximum atomic E-state index is 11.1. The fraction of sp³-hybridized carbons (Fsp3) is 0.286. The number of nitrogens with one attached hydrogen (secondary N) is 1. The Kier molecular flexibility index (Phi) is 4.32. The maximum absolute atomic E-state index is 11.1. The van der Waals surface area contributed by atoms with E-state index < -0.39 is 10.9 Å². The lowest BCUT2D eigenvalue weighted by atomic mass is 10.1. The van der Waals surface area contributed by atoms with Gasteiger partial charge in [0.1, 0.15) is 5.82 Å². The Balaban J connectivity index is 2.32. The van der Waals surface area contributed by atoms with Crippen LogP contribution in [0, 0.1) is 17.0 Å². The molecule has 7 nitrogen and oxygen atoms in total. The van der Waals surface area contributed by atoms with Crippen LogP contribution < -0.4 is 5.32 Å². The second kappa shape index (κ2) is 6.17. The SMILES string of the molecule is Cc1cc([N+](=O)[O-])c2ccnc(NCCCC(=O)O)c2c1. The number of aryl methyl sites for hydroxylation is 1. The van der Waals surface area contributed by atoms with Crippen LogP contribution in [0.3, 0.4) is 0 Å². The van der Waals surface area contributed by atoms with Gasteiger partial charge >= 0.3 is 5.97 Å². The molecule has 1 aromatic heterocycles. The van der Waals surface area contributed by atoms with E-state index in [1.807, 2.05) is 6.07 Å². The Labute approximate surface area is 120 Å². The van der Waals surface area contributed by atoms with Gasteiger partial charge in [0.15, 0.2) is 0 Å². The monoisotopic (exact) mass is 289 g/mol. The number of nitro groups is 1. The lowest BCUT2D eigenvalue weighted by molar-refractivity contribution is -0.383. The van der Waals surface area contributed by atoms with Crippen molar-refractivity contribution in [2.75, 3.05) is 11.9 Å². The van der Waals surface area contributed by atoms with Crippen LogP contribution in [0.2, 0.25) is 0 Å². The standard InChI is InChI=1S/C14H15N3O4/c1-9-7-11-10(12(8-9)17(20)21)4-6-16-14(11)15-5-2-3-13(18)19/h4,6-8H,2-3,5H2,1H3,(H,15,16)(H,18,19). The van der Waals surface area contributed by atoms with Crippen LogP contribution in [0.1, 0.15) is 18.4 Å². The number of hydrogen-bond donors (Lipinski definition) is 2. The topological polar surface area (TPSA) is 105 Å². The Morgan fingerprint density at radius 2 is 2.19 bits per heavy atom. The molecule has 0 fully saturated rings. The normalized spacial score (nSPS) is 10.5. The smallest absolute Gasteiger partial charge is 0.303 e. The first-order valence-corrected chi connectivity index (χ1v) is 6.48. The van der Waals surface area contributed by atoms with Crippen molar-refractivity contribution >= 4 is 28.2 Å². The summed E-state index contributed by atoms with van der Waals surface area (Å²) in [5, 5.41) is 23.9. The molecule has 0 spiro atoms. The van der Waals surface area contributed by atoms with Gasteiger partial charge in [-0.1, -0.05) is 0 Å². The Hall–Kier alpha value is -2.70. The van der Waals surface area contributed by atoms with Gasteiger partial charge < -0.3 is 10.4 Å². The molecular weight excluding hydrogens is 274 g/mol. The number of anilines is 1. The molecule has 2 rings (SSSR count). The van der Waals surface area contributed by atoms with Crippen LogP contribution in [0.4, 0.5) is 11.5 Å². The summed E-state index contributed by atoms with van der Waals surface area (Å²) >= 11 is 0. The summed E-state index contributed by atoms with van der Waals surface area (Å²) in [4.78, 5) is 25.4. The van der Waals surface area contributed by atoms with Crippen molar-refractivity contribution in [2.45, 2.75) is 19.8 Å². The molecule has 0 saturated carbocycles. The van der Waals surface area contributed by atoms with Crippen molar-refractivity contribution in [1.82, 2.24) is 4.98 Å². The molecule has 0 saturated heterocycles. The first-order valence-electron chi connectivity index (χ1n) is 6.48. The number of pyridine rings is 1. The van der Waals surface area contributed by atoms with Crippen LogP contribution in [0.15, 0.2) is 24.4 Å². The number of carbonyl (C=O) groups is 1. The van der Waals surface area contributed by atoms with Gasteiger partial charge in [-0.3, -0.25) is 14.9 Å². The number of hydrogen-bond acceptors (Lipinski definition) is 5. The van der Waals surface area contributed by atoms with Crippen LogP contribution >= 0.6 is 0 Å². The Morgan fingerprint density at radius 3 is 2.86 bits per heavy atom. The highest BCUT2D eigenvalue weighted by Gasteiger charge is 2.15. The summed E-state index contributed by atoms with van der Waals surface area (Å²) in [6.45, 7) is 2.23. The predicted molar refractivity (Wildman–Crippen MR) is 78.5 cm³/mol. The van der Waals surface area contributed by atoms with Gasteiger partial charge in [0, 0.05) is 30.6 Å². The summed E-state index contributed by atoms with van der Waals surface area (Å²) in [6.07, 6.45) is 2.03. The summed E-state index contributed by atoms with van der Waals surface area (Å²) in [6, 6.07) is 4.96. The molecule has 0 atom stereocenters. The number of aliphatic carboxylic acids is 1. The summed E-state index contributed by atoms with van der Waals surface area (Å²) in [5.74, 6) is -0.321. The average molecular weight is 289 g/mol. The highest BCUT2D eigenvalue weighted by Crippen LogP contribution is 2.30. The van der Waals surface area contributed by atoms with Crippen molar-refractivity contribution in [1.29, 1.82) is 0 Å². The van der Waals surface area contributed by atoms with Crippen molar-refractivity contribution in [3.8, 4) is 0 Å². The van der Waals surface area contributed by atoms with Gasteiger partial charge in [-0.15, -0.1) is 0 Å². The second-order valence-electron chi connectivity index (χ2n) is 4.72. The molecule has 0 unspecified atom stereocenters. The number of carboxylic acids is 1. The molecule has 0 radical (unpaired) electrons. The zero-order valence-electron chi connectivity index (χ0n) is 11.5. The van der Waals surface area contributed by atoms with Crippen LogP contribution in [-0.2, 0) is 4.79 Å². The molecule has 0 bridgehead atoms. The van der Waals surface area contributed by atoms with E-state index in [1.54, 1.807) is 13.0 Å². The van der Waals surface area contributed by atoms with Gasteiger partial charge in [-0.2, -0.15) is 0 Å². The molecule has 0 aliphatic rings. The van der Waals surface area contributed by atoms with E-state index in [1.165, 1.54) is 12.3 Å². The third-order valence-electron chi connectivity index (χ3n) is 3.06. The molecule has 110 valence electrons. The molecule has 1 aromatic carbocycles. The van der Waals surface area contributed by atoms with Crippen molar-refractivity contribution in [2.24, 2.45) is 0 Å². The zero-order chi connectivity index (χ0) is 15.4. The van der Waals surface area contributed by atoms with E-state index in [0.29, 0.717) is 29.6 Å². The van der Waals surface area contributed by atoms with E-state index in [-0.39, 0.29) is 12.1 Å². The van der Waals surface area contributed by atoms with Crippen LogP contribution in [-0.4, -0.2) is 27.5 Å². The van der Waals surface area contributed by atoms with Gasteiger partial charge in [0.25, 0.3) is 5.69 Å². The van der Waals surface area contributed by atoms with Crippen LogP contribution in [0.25, 0.3) is 10.8 Å². The van der Waals surface area contributed by atoms with E-state index >= 15 is 0 Å². The molecule has 2 N–H and O–H groups in total. The average Bonchev–Trinajstić information content (AvgIpc) is 2.42. The van der Waals surface area contributed by atoms with Crippen molar-refractivity contribution in [3.05, 3.63) is 40.1 Å². The van der Waals surface area contributed by atoms with Crippen LogP contribution in [0.5, 0.6) is 0 Å². The quantitative estimate of drug-likeness (QED) is 0.481. The fourth-order valence-corrected chi connectivity index (χ4v) is 2.14. The minimum atomic E-state index is -0.853. The molecular formula is C14H15N3O4. The van der Waals surface area contributed by atoms with Gasteiger partial charge in [0.2, 0.25) is 0 Å². The zero-order valence-corrected chi connectivity index (χ0v) is 11.5. The van der Waals surface area contributed by atoms with E-state index in [9.17, 15) is 14.9 Å². The van der Waals surface area contributed by atoms with Gasteiger partial charge in [-0.05, 0) is 31.0 Å². The number of non-ortho nitro benzene ring substituents is 1. The van der Waals surface area contributed by atoms with Gasteiger partial charge in [-0.25, -0.2) is 4.98 Å². The molecule has 0 aliphatic heterocycles. The number of aromatic nitrogens is 1. The Morgan fingerprint density at radius 1 is 1.43 bits per heavy atom. The number of fused-ring (bicyclic) bond motifs is 1. The van der Waals surface area contributed by atoms with E-state index in [2.05, 4.69) is 10.3 Å². The molecule has 0 amide bonds. The molecule has 7 heteroatoms. The number of carboxylic acid groups (broad SMARTS) is 1.